The summed E-state index contributed by atoms with van der Waals surface area (Å²) in [6.45, 7) is 1.88. The van der Waals surface area contributed by atoms with Crippen LogP contribution in [0.25, 0.3) is 0 Å². The first kappa shape index (κ1) is 18.1. The van der Waals surface area contributed by atoms with Crippen molar-refractivity contribution in [1.29, 1.82) is 0 Å². The Bertz CT molecular complexity index is 1010. The molecule has 2 heterocycles. The van der Waals surface area contributed by atoms with Crippen LogP contribution in [-0.2, 0) is 10.0 Å². The highest BCUT2D eigenvalue weighted by molar-refractivity contribution is 9.10. The number of thiazole rings is 1. The number of benzene rings is 1. The third kappa shape index (κ3) is 4.27. The number of nitrogens with zero attached hydrogens (tertiary/aromatic N) is 1. The number of aryl methyl sites for hydroxylation is 1. The van der Waals surface area contributed by atoms with E-state index in [1.54, 1.807) is 17.5 Å². The molecule has 0 spiro atoms. The maximum atomic E-state index is 12.3. The van der Waals surface area contributed by atoms with Crippen molar-refractivity contribution in [3.8, 4) is 0 Å². The Hall–Kier alpha value is -1.75. The molecule has 0 aliphatic heterocycles. The lowest BCUT2D eigenvalue weighted by Gasteiger charge is -2.07. The molecule has 25 heavy (non-hydrogen) atoms. The maximum Gasteiger partial charge on any atom is 0.275 e. The zero-order valence-electron chi connectivity index (χ0n) is 12.8. The number of hydrogen-bond acceptors (Lipinski definition) is 6. The summed E-state index contributed by atoms with van der Waals surface area (Å²) in [5.41, 5.74) is 1.72. The minimum atomic E-state index is -3.67. The smallest absolute Gasteiger partial charge is 0.275 e. The summed E-state index contributed by atoms with van der Waals surface area (Å²) >= 11 is 5.53. The van der Waals surface area contributed by atoms with E-state index in [0.29, 0.717) is 5.69 Å². The van der Waals surface area contributed by atoms with Gasteiger partial charge in [-0.2, -0.15) is 0 Å². The summed E-state index contributed by atoms with van der Waals surface area (Å²) < 4.78 is 27.8. The SMILES string of the molecule is Cc1cc(Br)ccc1NC(=O)c1csc(NS(=O)(=O)c2cccs2)n1. The van der Waals surface area contributed by atoms with Crippen LogP contribution >= 0.6 is 38.6 Å². The van der Waals surface area contributed by atoms with E-state index in [-0.39, 0.29) is 15.0 Å². The fourth-order valence-electron chi connectivity index (χ4n) is 1.96. The van der Waals surface area contributed by atoms with Crippen molar-refractivity contribution < 1.29 is 13.2 Å². The Morgan fingerprint density at radius 1 is 1.24 bits per heavy atom. The first-order valence-corrected chi connectivity index (χ1v) is 11.0. The lowest BCUT2D eigenvalue weighted by molar-refractivity contribution is 0.102. The highest BCUT2D eigenvalue weighted by Gasteiger charge is 2.19. The van der Waals surface area contributed by atoms with Crippen molar-refractivity contribution in [1.82, 2.24) is 4.98 Å². The van der Waals surface area contributed by atoms with Crippen LogP contribution in [0.3, 0.4) is 0 Å². The lowest BCUT2D eigenvalue weighted by Crippen LogP contribution is -2.14. The molecule has 10 heteroatoms. The van der Waals surface area contributed by atoms with Crippen molar-refractivity contribution in [2.75, 3.05) is 10.0 Å². The van der Waals surface area contributed by atoms with E-state index in [9.17, 15) is 13.2 Å². The molecule has 1 aromatic carbocycles. The standard InChI is InChI=1S/C15H12BrN3O3S3/c1-9-7-10(16)4-5-11(9)17-14(20)12-8-24-15(18-12)19-25(21,22)13-3-2-6-23-13/h2-8H,1H3,(H,17,20)(H,18,19). The average molecular weight is 458 g/mol. The van der Waals surface area contributed by atoms with Crippen molar-refractivity contribution in [3.63, 3.8) is 0 Å². The molecule has 0 atom stereocenters. The van der Waals surface area contributed by atoms with Crippen molar-refractivity contribution in [3.05, 3.63) is 56.8 Å². The largest absolute Gasteiger partial charge is 0.320 e. The monoisotopic (exact) mass is 457 g/mol. The normalized spacial score (nSPS) is 11.3. The molecule has 0 aliphatic rings. The molecule has 0 unspecified atom stereocenters. The van der Waals surface area contributed by atoms with Crippen LogP contribution in [0.15, 0.2) is 49.8 Å². The molecule has 0 radical (unpaired) electrons. The van der Waals surface area contributed by atoms with Crippen LogP contribution < -0.4 is 10.0 Å². The van der Waals surface area contributed by atoms with Gasteiger partial charge in [-0.15, -0.1) is 22.7 Å². The fraction of sp³-hybridized carbons (Fsp3) is 0.0667. The molecular formula is C15H12BrN3O3S3. The van der Waals surface area contributed by atoms with Crippen molar-refractivity contribution in [2.45, 2.75) is 11.1 Å². The zero-order valence-corrected chi connectivity index (χ0v) is 16.9. The molecule has 2 N–H and O–H groups in total. The van der Waals surface area contributed by atoms with Crippen molar-refractivity contribution in [2.24, 2.45) is 0 Å². The summed E-state index contributed by atoms with van der Waals surface area (Å²) in [5, 5.41) is 6.10. The predicted octanol–water partition coefficient (Wildman–Crippen LogP) is 4.33. The number of aromatic nitrogens is 1. The van der Waals surface area contributed by atoms with Gasteiger partial charge in [0.1, 0.15) is 9.90 Å². The van der Waals surface area contributed by atoms with Gasteiger partial charge in [0.15, 0.2) is 5.13 Å². The topological polar surface area (TPSA) is 88.2 Å². The van der Waals surface area contributed by atoms with E-state index in [0.717, 1.165) is 32.7 Å². The lowest BCUT2D eigenvalue weighted by atomic mass is 10.2. The van der Waals surface area contributed by atoms with Crippen LogP contribution in [0.5, 0.6) is 0 Å². The van der Waals surface area contributed by atoms with Gasteiger partial charge in [0.2, 0.25) is 0 Å². The van der Waals surface area contributed by atoms with Crippen LogP contribution in [-0.4, -0.2) is 19.3 Å². The van der Waals surface area contributed by atoms with Gasteiger partial charge in [0.05, 0.1) is 0 Å². The summed E-state index contributed by atoms with van der Waals surface area (Å²) in [7, 11) is -3.67. The number of hydrogen-bond donors (Lipinski definition) is 2. The Kier molecular flexibility index (Phi) is 5.23. The van der Waals surface area contributed by atoms with E-state index in [2.05, 4.69) is 31.0 Å². The molecule has 3 aromatic rings. The first-order chi connectivity index (χ1) is 11.8. The van der Waals surface area contributed by atoms with Gasteiger partial charge in [-0.1, -0.05) is 22.0 Å². The minimum Gasteiger partial charge on any atom is -0.320 e. The molecule has 6 nitrogen and oxygen atoms in total. The first-order valence-electron chi connectivity index (χ1n) is 6.94. The van der Waals surface area contributed by atoms with Crippen molar-refractivity contribution >= 4 is 65.4 Å². The highest BCUT2D eigenvalue weighted by Crippen LogP contribution is 2.24. The minimum absolute atomic E-state index is 0.145. The van der Waals surface area contributed by atoms with Gasteiger partial charge in [0.25, 0.3) is 15.9 Å². The second-order valence-corrected chi connectivity index (χ2v) is 9.62. The summed E-state index contributed by atoms with van der Waals surface area (Å²) in [6, 6.07) is 8.65. The molecule has 2 aromatic heterocycles. The van der Waals surface area contributed by atoms with Crippen LogP contribution in [0.1, 0.15) is 16.1 Å². The van der Waals surface area contributed by atoms with E-state index in [1.807, 2.05) is 19.1 Å². The fourth-order valence-corrected chi connectivity index (χ4v) is 5.37. The Morgan fingerprint density at radius 3 is 2.72 bits per heavy atom. The second kappa shape index (κ2) is 7.24. The average Bonchev–Trinajstić information content (AvgIpc) is 3.21. The number of amides is 1. The van der Waals surface area contributed by atoms with E-state index in [4.69, 9.17) is 0 Å². The van der Waals surface area contributed by atoms with Gasteiger partial charge < -0.3 is 5.32 Å². The van der Waals surface area contributed by atoms with E-state index >= 15 is 0 Å². The summed E-state index contributed by atoms with van der Waals surface area (Å²) in [4.78, 5) is 16.4. The Morgan fingerprint density at radius 2 is 2.04 bits per heavy atom. The van der Waals surface area contributed by atoms with Gasteiger partial charge in [-0.25, -0.2) is 13.4 Å². The number of anilines is 2. The number of nitrogens with one attached hydrogen (secondary N) is 2. The molecule has 0 bridgehead atoms. The number of rotatable bonds is 5. The van der Waals surface area contributed by atoms with Gasteiger partial charge >= 0.3 is 0 Å². The number of carbonyl (C=O) groups excluding carboxylic acids is 1. The number of thiophene rings is 1. The molecule has 3 rings (SSSR count). The van der Waals surface area contributed by atoms with E-state index in [1.165, 1.54) is 11.4 Å². The van der Waals surface area contributed by atoms with Gasteiger partial charge in [-0.3, -0.25) is 9.52 Å². The molecule has 0 aliphatic carbocycles. The number of sulfonamides is 1. The summed E-state index contributed by atoms with van der Waals surface area (Å²) in [6.07, 6.45) is 0. The van der Waals surface area contributed by atoms with E-state index < -0.39 is 15.9 Å². The predicted molar refractivity (Wildman–Crippen MR) is 104 cm³/mol. The van der Waals surface area contributed by atoms with Crippen LogP contribution in [0, 0.1) is 6.92 Å². The molecular weight excluding hydrogens is 446 g/mol. The third-order valence-corrected chi connectivity index (χ3v) is 7.27. The quantitative estimate of drug-likeness (QED) is 0.596. The molecule has 130 valence electrons. The Balaban J connectivity index is 1.74. The second-order valence-electron chi connectivity index (χ2n) is 4.99. The maximum absolute atomic E-state index is 12.3. The van der Waals surface area contributed by atoms with Gasteiger partial charge in [-0.05, 0) is 42.1 Å². The van der Waals surface area contributed by atoms with Crippen LogP contribution in [0.2, 0.25) is 0 Å². The number of halogens is 1. The molecule has 0 saturated heterocycles. The Labute approximate surface area is 161 Å². The molecule has 0 fully saturated rings. The number of carbonyl (C=O) groups is 1. The van der Waals surface area contributed by atoms with Gasteiger partial charge in [0, 0.05) is 15.5 Å². The van der Waals surface area contributed by atoms with Crippen LogP contribution in [0.4, 0.5) is 10.8 Å². The molecule has 1 amide bonds. The third-order valence-electron chi connectivity index (χ3n) is 3.16. The zero-order chi connectivity index (χ0) is 18.0. The summed E-state index contributed by atoms with van der Waals surface area (Å²) in [5.74, 6) is -0.400. The highest BCUT2D eigenvalue weighted by atomic mass is 79.9. The molecule has 0 saturated carbocycles.